The Bertz CT molecular complexity index is 915. The van der Waals surface area contributed by atoms with Crippen LogP contribution in [0.3, 0.4) is 0 Å². The summed E-state index contributed by atoms with van der Waals surface area (Å²) < 4.78 is 10.7. The molecule has 0 spiro atoms. The maximum atomic E-state index is 12.6. The number of methoxy groups -OCH3 is 1. The predicted molar refractivity (Wildman–Crippen MR) is 120 cm³/mol. The molecule has 31 heavy (non-hydrogen) atoms. The van der Waals surface area contributed by atoms with Crippen molar-refractivity contribution in [1.29, 1.82) is 0 Å². The van der Waals surface area contributed by atoms with Crippen molar-refractivity contribution in [2.45, 2.75) is 26.8 Å². The van der Waals surface area contributed by atoms with Gasteiger partial charge in [0.05, 0.1) is 12.8 Å². The number of rotatable bonds is 10. The number of carbonyl (C=O) groups excluding carboxylic acids is 3. The lowest BCUT2D eigenvalue weighted by Gasteiger charge is -2.17. The van der Waals surface area contributed by atoms with Gasteiger partial charge in [0.2, 0.25) is 11.8 Å². The van der Waals surface area contributed by atoms with Gasteiger partial charge in [0.25, 0.3) is 5.91 Å². The molecule has 2 aromatic rings. The number of likely N-dealkylation sites (N-methyl/N-ethyl adjacent to an activating group) is 1. The van der Waals surface area contributed by atoms with E-state index in [9.17, 15) is 14.4 Å². The van der Waals surface area contributed by atoms with Crippen molar-refractivity contribution >= 4 is 34.8 Å². The number of hydrogen-bond acceptors (Lipinski definition) is 6. The minimum Gasteiger partial charge on any atom is -0.495 e. The van der Waals surface area contributed by atoms with Crippen LogP contribution in [0.4, 0.5) is 17.1 Å². The first-order chi connectivity index (χ1) is 14.8. The van der Waals surface area contributed by atoms with E-state index >= 15 is 0 Å². The molecule has 0 aliphatic rings. The Morgan fingerprint density at radius 3 is 2.29 bits per heavy atom. The molecule has 1 unspecified atom stereocenters. The normalized spacial score (nSPS) is 11.1. The second-order valence-corrected chi connectivity index (χ2v) is 6.72. The first-order valence-corrected chi connectivity index (χ1v) is 9.85. The van der Waals surface area contributed by atoms with Gasteiger partial charge in [0.1, 0.15) is 17.5 Å². The van der Waals surface area contributed by atoms with Crippen LogP contribution in [0.5, 0.6) is 11.5 Å². The monoisotopic (exact) mass is 428 g/mol. The molecule has 0 aliphatic carbocycles. The Morgan fingerprint density at radius 2 is 1.68 bits per heavy atom. The Morgan fingerprint density at radius 1 is 1.00 bits per heavy atom. The Balaban J connectivity index is 1.96. The summed E-state index contributed by atoms with van der Waals surface area (Å²) in [5, 5.41) is 11.2. The SMILES string of the molecule is CCNC(=O)COc1ccc(NC(C)C(=O)Nc2cc(NC(C)=O)ccc2OC)cc1. The van der Waals surface area contributed by atoms with Crippen LogP contribution in [0.2, 0.25) is 0 Å². The lowest BCUT2D eigenvalue weighted by Crippen LogP contribution is -2.32. The van der Waals surface area contributed by atoms with E-state index in [2.05, 4.69) is 21.3 Å². The van der Waals surface area contributed by atoms with Gasteiger partial charge in [0.15, 0.2) is 6.61 Å². The zero-order chi connectivity index (χ0) is 22.8. The molecule has 0 saturated carbocycles. The number of benzene rings is 2. The molecule has 4 N–H and O–H groups in total. The molecular weight excluding hydrogens is 400 g/mol. The molecule has 2 aromatic carbocycles. The topological polar surface area (TPSA) is 118 Å². The zero-order valence-corrected chi connectivity index (χ0v) is 18.1. The minimum atomic E-state index is -0.559. The number of hydrogen-bond donors (Lipinski definition) is 4. The third-order valence-corrected chi connectivity index (χ3v) is 4.15. The highest BCUT2D eigenvalue weighted by Gasteiger charge is 2.16. The van der Waals surface area contributed by atoms with E-state index in [1.807, 2.05) is 6.92 Å². The summed E-state index contributed by atoms with van der Waals surface area (Å²) in [6.07, 6.45) is 0. The van der Waals surface area contributed by atoms with Gasteiger partial charge in [-0.15, -0.1) is 0 Å². The van der Waals surface area contributed by atoms with Gasteiger partial charge in [-0.05, 0) is 56.3 Å². The first-order valence-electron chi connectivity index (χ1n) is 9.85. The molecule has 0 heterocycles. The molecule has 9 heteroatoms. The fraction of sp³-hybridized carbons (Fsp3) is 0.318. The molecule has 1 atom stereocenters. The van der Waals surface area contributed by atoms with Crippen molar-refractivity contribution in [3.05, 3.63) is 42.5 Å². The van der Waals surface area contributed by atoms with Gasteiger partial charge >= 0.3 is 0 Å². The van der Waals surface area contributed by atoms with Crippen molar-refractivity contribution in [2.75, 3.05) is 36.2 Å². The zero-order valence-electron chi connectivity index (χ0n) is 18.1. The van der Waals surface area contributed by atoms with Crippen LogP contribution >= 0.6 is 0 Å². The highest BCUT2D eigenvalue weighted by atomic mass is 16.5. The Hall–Kier alpha value is -3.75. The van der Waals surface area contributed by atoms with Gasteiger partial charge < -0.3 is 30.7 Å². The predicted octanol–water partition coefficient (Wildman–Crippen LogP) is 2.61. The number of nitrogens with one attached hydrogen (secondary N) is 4. The van der Waals surface area contributed by atoms with E-state index < -0.39 is 6.04 Å². The lowest BCUT2D eigenvalue weighted by molar-refractivity contribution is -0.123. The molecule has 2 rings (SSSR count). The van der Waals surface area contributed by atoms with Crippen molar-refractivity contribution in [2.24, 2.45) is 0 Å². The second-order valence-electron chi connectivity index (χ2n) is 6.72. The lowest BCUT2D eigenvalue weighted by atomic mass is 10.2. The Kier molecular flexibility index (Phi) is 8.68. The fourth-order valence-electron chi connectivity index (χ4n) is 2.69. The van der Waals surface area contributed by atoms with Crippen molar-refractivity contribution in [3.8, 4) is 11.5 Å². The number of amides is 3. The van der Waals surface area contributed by atoms with Crippen LogP contribution in [0.15, 0.2) is 42.5 Å². The summed E-state index contributed by atoms with van der Waals surface area (Å²) in [6.45, 7) is 5.46. The third-order valence-electron chi connectivity index (χ3n) is 4.15. The molecule has 166 valence electrons. The summed E-state index contributed by atoms with van der Waals surface area (Å²) >= 11 is 0. The van der Waals surface area contributed by atoms with Gasteiger partial charge in [-0.2, -0.15) is 0 Å². The van der Waals surface area contributed by atoms with Crippen molar-refractivity contribution < 1.29 is 23.9 Å². The highest BCUT2D eigenvalue weighted by molar-refractivity contribution is 5.98. The van der Waals surface area contributed by atoms with E-state index in [1.54, 1.807) is 49.4 Å². The molecule has 0 aromatic heterocycles. The number of ether oxygens (including phenoxy) is 2. The Labute approximate surface area is 181 Å². The maximum absolute atomic E-state index is 12.6. The quantitative estimate of drug-likeness (QED) is 0.462. The van der Waals surface area contributed by atoms with Gasteiger partial charge in [-0.1, -0.05) is 0 Å². The van der Waals surface area contributed by atoms with Crippen molar-refractivity contribution in [1.82, 2.24) is 5.32 Å². The van der Waals surface area contributed by atoms with Crippen LogP contribution in [-0.2, 0) is 14.4 Å². The van der Waals surface area contributed by atoms with E-state index in [4.69, 9.17) is 9.47 Å². The average Bonchev–Trinajstić information content (AvgIpc) is 2.73. The molecule has 9 nitrogen and oxygen atoms in total. The summed E-state index contributed by atoms with van der Waals surface area (Å²) in [5.41, 5.74) is 1.71. The molecule has 0 saturated heterocycles. The van der Waals surface area contributed by atoms with E-state index in [0.29, 0.717) is 35.1 Å². The molecular formula is C22H28N4O5. The molecule has 3 amide bonds. The summed E-state index contributed by atoms with van der Waals surface area (Å²) in [4.78, 5) is 35.4. The van der Waals surface area contributed by atoms with Gasteiger partial charge in [0, 0.05) is 24.8 Å². The molecule has 0 fully saturated rings. The number of anilines is 3. The highest BCUT2D eigenvalue weighted by Crippen LogP contribution is 2.28. The molecule has 0 aliphatic heterocycles. The second kappa shape index (κ2) is 11.4. The fourth-order valence-corrected chi connectivity index (χ4v) is 2.69. The van der Waals surface area contributed by atoms with Gasteiger partial charge in [-0.3, -0.25) is 14.4 Å². The molecule has 0 radical (unpaired) electrons. The average molecular weight is 428 g/mol. The van der Waals surface area contributed by atoms with Crippen LogP contribution in [0, 0.1) is 0 Å². The summed E-state index contributed by atoms with van der Waals surface area (Å²) in [6, 6.07) is 11.4. The minimum absolute atomic E-state index is 0.0567. The largest absolute Gasteiger partial charge is 0.495 e. The van der Waals surface area contributed by atoms with Crippen LogP contribution in [0.1, 0.15) is 20.8 Å². The standard InChI is InChI=1S/C22H28N4O5/c1-5-23-21(28)13-31-18-9-6-16(7-10-18)24-14(2)22(29)26-19-12-17(25-15(3)27)8-11-20(19)30-4/h6-12,14,24H,5,13H2,1-4H3,(H,23,28)(H,25,27)(H,26,29). The van der Waals surface area contributed by atoms with Crippen LogP contribution in [-0.4, -0.2) is 44.0 Å². The maximum Gasteiger partial charge on any atom is 0.257 e. The molecule has 0 bridgehead atoms. The van der Waals surface area contributed by atoms with Gasteiger partial charge in [-0.25, -0.2) is 0 Å². The first kappa shape index (κ1) is 23.5. The summed E-state index contributed by atoms with van der Waals surface area (Å²) in [7, 11) is 1.50. The van der Waals surface area contributed by atoms with E-state index in [1.165, 1.54) is 14.0 Å². The number of carbonyl (C=O) groups is 3. The van der Waals surface area contributed by atoms with Crippen molar-refractivity contribution in [3.63, 3.8) is 0 Å². The third kappa shape index (κ3) is 7.54. The smallest absolute Gasteiger partial charge is 0.257 e. The van der Waals surface area contributed by atoms with E-state index in [0.717, 1.165) is 0 Å². The van der Waals surface area contributed by atoms with E-state index in [-0.39, 0.29) is 24.3 Å². The van der Waals surface area contributed by atoms with Crippen LogP contribution < -0.4 is 30.7 Å². The van der Waals surface area contributed by atoms with Crippen LogP contribution in [0.25, 0.3) is 0 Å². The summed E-state index contributed by atoms with van der Waals surface area (Å²) in [5.74, 6) is 0.343.